The van der Waals surface area contributed by atoms with E-state index in [1.807, 2.05) is 18.2 Å². The van der Waals surface area contributed by atoms with Crippen molar-refractivity contribution in [1.82, 2.24) is 15.3 Å². The molecule has 0 aliphatic carbocycles. The SMILES string of the molecule is C#CC(CC(COP(NCC(=O)OC(C)C)Oc1ccccc1)OC)N(C=O)/C=C\C(=O)NC.CC(C)C. The summed E-state index contributed by atoms with van der Waals surface area (Å²) in [4.78, 5) is 36.0. The second kappa shape index (κ2) is 21.0. The molecule has 0 bridgehead atoms. The summed E-state index contributed by atoms with van der Waals surface area (Å²) in [6, 6.07) is 8.31. The number of nitrogens with one attached hydrogen (secondary N) is 2. The van der Waals surface area contributed by atoms with Crippen molar-refractivity contribution in [3.05, 3.63) is 42.6 Å². The Balaban J connectivity index is 0.00000318. The van der Waals surface area contributed by atoms with Gasteiger partial charge in [-0.05, 0) is 31.9 Å². The van der Waals surface area contributed by atoms with Gasteiger partial charge in [-0.15, -0.1) is 6.42 Å². The number of likely N-dealkylation sites (N-methyl/N-ethyl adjacent to an activating group) is 1. The van der Waals surface area contributed by atoms with Gasteiger partial charge in [0.05, 0.1) is 24.9 Å². The number of rotatable bonds is 16. The van der Waals surface area contributed by atoms with Crippen molar-refractivity contribution in [2.75, 3.05) is 27.3 Å². The molecule has 1 aromatic rings. The van der Waals surface area contributed by atoms with Crippen molar-refractivity contribution in [2.24, 2.45) is 5.92 Å². The summed E-state index contributed by atoms with van der Waals surface area (Å²) in [6.45, 7) is 9.97. The van der Waals surface area contributed by atoms with E-state index < -0.39 is 26.6 Å². The van der Waals surface area contributed by atoms with Crippen LogP contribution in [0.3, 0.4) is 0 Å². The molecule has 2 N–H and O–H groups in total. The maximum atomic E-state index is 11.9. The molecule has 0 aliphatic rings. The van der Waals surface area contributed by atoms with Crippen LogP contribution in [0.5, 0.6) is 5.75 Å². The average Bonchev–Trinajstić information content (AvgIpc) is 2.88. The number of carbonyl (C=O) groups excluding carboxylic acids is 3. The van der Waals surface area contributed by atoms with Crippen LogP contribution >= 0.6 is 8.53 Å². The summed E-state index contributed by atoms with van der Waals surface area (Å²) >= 11 is 0. The summed E-state index contributed by atoms with van der Waals surface area (Å²) in [5.74, 6) is 3.09. The molecule has 1 aromatic carbocycles. The second-order valence-corrected chi connectivity index (χ2v) is 10.1. The van der Waals surface area contributed by atoms with Crippen LogP contribution in [0.25, 0.3) is 0 Å². The van der Waals surface area contributed by atoms with Crippen LogP contribution in [0.4, 0.5) is 0 Å². The number of ether oxygens (including phenoxy) is 2. The van der Waals surface area contributed by atoms with Gasteiger partial charge in [0.1, 0.15) is 12.3 Å². The van der Waals surface area contributed by atoms with Gasteiger partial charge in [0, 0.05) is 32.9 Å². The monoisotopic (exact) mass is 551 g/mol. The molecule has 11 heteroatoms. The van der Waals surface area contributed by atoms with Gasteiger partial charge in [-0.1, -0.05) is 44.9 Å². The minimum atomic E-state index is -1.73. The largest absolute Gasteiger partial charge is 0.462 e. The van der Waals surface area contributed by atoms with Gasteiger partial charge >= 0.3 is 14.5 Å². The first-order valence-electron chi connectivity index (χ1n) is 12.3. The van der Waals surface area contributed by atoms with Gasteiger partial charge in [-0.25, -0.2) is 5.09 Å². The van der Waals surface area contributed by atoms with Crippen molar-refractivity contribution in [2.45, 2.75) is 59.3 Å². The Bertz CT molecular complexity index is 872. The highest BCUT2D eigenvalue weighted by molar-refractivity contribution is 7.45. The molecule has 0 radical (unpaired) electrons. The number of carbonyl (C=O) groups is 3. The Labute approximate surface area is 228 Å². The summed E-state index contributed by atoms with van der Waals surface area (Å²) in [6.07, 6.45) is 8.12. The minimum absolute atomic E-state index is 0.0608. The maximum absolute atomic E-state index is 11.9. The van der Waals surface area contributed by atoms with Crippen LogP contribution < -0.4 is 14.9 Å². The Kier molecular flexibility index (Phi) is 19.4. The highest BCUT2D eigenvalue weighted by atomic mass is 31.2. The highest BCUT2D eigenvalue weighted by Gasteiger charge is 2.23. The maximum Gasteiger partial charge on any atom is 0.320 e. The second-order valence-electron chi connectivity index (χ2n) is 8.82. The Morgan fingerprint density at radius 2 is 1.79 bits per heavy atom. The zero-order valence-electron chi connectivity index (χ0n) is 23.4. The molecule has 0 saturated carbocycles. The average molecular weight is 552 g/mol. The van der Waals surface area contributed by atoms with Crippen molar-refractivity contribution in [3.8, 4) is 18.1 Å². The summed E-state index contributed by atoms with van der Waals surface area (Å²) in [5.41, 5.74) is 0. The van der Waals surface area contributed by atoms with Crippen LogP contribution in [0.1, 0.15) is 41.0 Å². The molecule has 2 amide bonds. The first-order chi connectivity index (χ1) is 18.1. The molecular formula is C27H42N3O7P. The topological polar surface area (TPSA) is 115 Å². The molecule has 0 fully saturated rings. The third kappa shape index (κ3) is 17.5. The zero-order chi connectivity index (χ0) is 28.9. The third-order valence-corrected chi connectivity index (χ3v) is 5.34. The van der Waals surface area contributed by atoms with Crippen molar-refractivity contribution < 1.29 is 32.9 Å². The molecule has 3 unspecified atom stereocenters. The fourth-order valence-corrected chi connectivity index (χ4v) is 3.55. The predicted octanol–water partition coefficient (Wildman–Crippen LogP) is 3.64. The molecule has 0 aromatic heterocycles. The number of benzene rings is 1. The summed E-state index contributed by atoms with van der Waals surface area (Å²) in [5, 5.41) is 5.34. The van der Waals surface area contributed by atoms with Gasteiger partial charge in [0.25, 0.3) is 0 Å². The molecule has 0 heterocycles. The first-order valence-corrected chi connectivity index (χ1v) is 13.4. The van der Waals surface area contributed by atoms with E-state index in [-0.39, 0.29) is 31.6 Å². The smallest absolute Gasteiger partial charge is 0.320 e. The molecule has 10 nitrogen and oxygen atoms in total. The third-order valence-electron chi connectivity index (χ3n) is 4.17. The van der Waals surface area contributed by atoms with E-state index in [0.717, 1.165) is 5.92 Å². The molecule has 3 atom stereocenters. The van der Waals surface area contributed by atoms with Crippen molar-refractivity contribution >= 4 is 26.8 Å². The minimum Gasteiger partial charge on any atom is -0.462 e. The van der Waals surface area contributed by atoms with E-state index in [1.165, 1.54) is 31.3 Å². The molecule has 0 saturated heterocycles. The fraction of sp³-hybridized carbons (Fsp3) is 0.519. The van der Waals surface area contributed by atoms with Crippen LogP contribution in [0.15, 0.2) is 42.6 Å². The number of hydrogen-bond acceptors (Lipinski definition) is 8. The van der Waals surface area contributed by atoms with E-state index in [4.69, 9.17) is 24.9 Å². The number of amides is 2. The predicted molar refractivity (Wildman–Crippen MR) is 149 cm³/mol. The van der Waals surface area contributed by atoms with E-state index in [0.29, 0.717) is 12.2 Å². The van der Waals surface area contributed by atoms with E-state index >= 15 is 0 Å². The molecule has 0 aliphatic heterocycles. The summed E-state index contributed by atoms with van der Waals surface area (Å²) in [7, 11) is 1.23. The number of methoxy groups -OCH3 is 1. The molecule has 0 spiro atoms. The van der Waals surface area contributed by atoms with Crippen LogP contribution in [0.2, 0.25) is 0 Å². The van der Waals surface area contributed by atoms with Crippen molar-refractivity contribution in [1.29, 1.82) is 0 Å². The van der Waals surface area contributed by atoms with Crippen LogP contribution in [0, 0.1) is 18.3 Å². The van der Waals surface area contributed by atoms with Crippen LogP contribution in [-0.4, -0.2) is 68.7 Å². The number of nitrogens with zero attached hydrogens (tertiary/aromatic N) is 1. The van der Waals surface area contributed by atoms with Crippen LogP contribution in [-0.2, 0) is 28.4 Å². The van der Waals surface area contributed by atoms with Gasteiger partial charge in [0.15, 0.2) is 0 Å². The summed E-state index contributed by atoms with van der Waals surface area (Å²) < 4.78 is 22.3. The number of para-hydroxylation sites is 1. The Morgan fingerprint density at radius 1 is 1.16 bits per heavy atom. The Morgan fingerprint density at radius 3 is 2.29 bits per heavy atom. The molecular weight excluding hydrogens is 509 g/mol. The first kappa shape index (κ1) is 35.0. The number of terminal acetylenes is 1. The van der Waals surface area contributed by atoms with Gasteiger partial charge < -0.3 is 28.7 Å². The molecule has 38 heavy (non-hydrogen) atoms. The number of hydrogen-bond donors (Lipinski definition) is 2. The fourth-order valence-electron chi connectivity index (χ4n) is 2.47. The standard InChI is InChI=1S/C23H32N3O7P.C4H10/c1-6-19(26(17-27)13-12-22(28)24-4)14-21(30-5)16-31-34(25-15-23(29)32-18(2)3)33-20-10-8-7-9-11-20;1-4(2)3/h1,7-13,17-19,21,25H,14-16H2,2-5H3,(H,24,28);4H,1-3H3/b13-12-;. The molecule has 1 rings (SSSR count). The zero-order valence-corrected chi connectivity index (χ0v) is 24.3. The van der Waals surface area contributed by atoms with E-state index in [9.17, 15) is 14.4 Å². The Hall–Kier alpha value is -2.96. The van der Waals surface area contributed by atoms with Crippen molar-refractivity contribution in [3.63, 3.8) is 0 Å². The van der Waals surface area contributed by atoms with E-state index in [1.54, 1.807) is 26.0 Å². The highest BCUT2D eigenvalue weighted by Crippen LogP contribution is 2.35. The van der Waals surface area contributed by atoms with E-state index in [2.05, 4.69) is 37.1 Å². The normalized spacial score (nSPS) is 13.1. The number of esters is 1. The molecule has 212 valence electrons. The lowest BCUT2D eigenvalue weighted by Gasteiger charge is -2.26. The lowest BCUT2D eigenvalue weighted by molar-refractivity contribution is -0.145. The van der Waals surface area contributed by atoms with Gasteiger partial charge in [-0.3, -0.25) is 14.4 Å². The van der Waals surface area contributed by atoms with Gasteiger partial charge in [-0.2, -0.15) is 0 Å². The lowest BCUT2D eigenvalue weighted by Crippen LogP contribution is -2.35. The van der Waals surface area contributed by atoms with Gasteiger partial charge in [0.2, 0.25) is 12.3 Å². The quantitative estimate of drug-likeness (QED) is 0.105. The lowest BCUT2D eigenvalue weighted by atomic mass is 10.1.